The Balaban J connectivity index is 3.99. The summed E-state index contributed by atoms with van der Waals surface area (Å²) in [6, 6.07) is -4.64. The molecule has 2 nitrogen and oxygen atoms in total. The summed E-state index contributed by atoms with van der Waals surface area (Å²) in [7, 11) is 0. The highest BCUT2D eigenvalue weighted by molar-refractivity contribution is 4.59. The Labute approximate surface area is 56.9 Å². The molecule has 8 heteroatoms. The topological polar surface area (TPSA) is 35.2 Å². The molecule has 0 spiro atoms. The van der Waals surface area contributed by atoms with Crippen LogP contribution in [0, 0.1) is 0 Å². The number of ether oxygens (including phenoxy) is 1. The molecule has 11 heavy (non-hydrogen) atoms. The summed E-state index contributed by atoms with van der Waals surface area (Å²) >= 11 is 0. The third kappa shape index (κ3) is 4.85. The summed E-state index contributed by atoms with van der Waals surface area (Å²) < 4.78 is 69.7. The average Bonchev–Trinajstić information content (AvgIpc) is 1.56. The molecule has 0 aliphatic carbocycles. The molecule has 0 heterocycles. The van der Waals surface area contributed by atoms with Gasteiger partial charge in [-0.05, 0) is 0 Å². The van der Waals surface area contributed by atoms with Crippen molar-refractivity contribution >= 4 is 0 Å². The minimum absolute atomic E-state index is 2.26. The monoisotopic (exact) mass is 183 g/mol. The van der Waals surface area contributed by atoms with Gasteiger partial charge in [0.05, 0.1) is 0 Å². The van der Waals surface area contributed by atoms with Crippen LogP contribution >= 0.6 is 0 Å². The highest BCUT2D eigenvalue weighted by Crippen LogP contribution is 2.25. The fourth-order valence-electron chi connectivity index (χ4n) is 0.196. The molecule has 0 saturated carbocycles. The van der Waals surface area contributed by atoms with Crippen LogP contribution in [0.15, 0.2) is 0 Å². The number of rotatable bonds is 2. The summed E-state index contributed by atoms with van der Waals surface area (Å²) in [6.45, 7) is 0. The first-order valence-corrected chi connectivity index (χ1v) is 2.18. The lowest BCUT2D eigenvalue weighted by atomic mass is 10.6. The van der Waals surface area contributed by atoms with Crippen molar-refractivity contribution in [3.63, 3.8) is 0 Å². The third-order valence-corrected chi connectivity index (χ3v) is 0.540. The van der Waals surface area contributed by atoms with Crippen molar-refractivity contribution in [3.8, 4) is 0 Å². The van der Waals surface area contributed by atoms with E-state index in [4.69, 9.17) is 0 Å². The lowest BCUT2D eigenvalue weighted by molar-refractivity contribution is -0.386. The molecule has 0 aromatic heterocycles. The van der Waals surface area contributed by atoms with Crippen molar-refractivity contribution in [3.05, 3.63) is 0 Å². The molecule has 0 saturated heterocycles. The van der Waals surface area contributed by atoms with E-state index in [1.807, 2.05) is 0 Å². The van der Waals surface area contributed by atoms with Crippen LogP contribution in [0.4, 0.5) is 26.3 Å². The van der Waals surface area contributed by atoms with Gasteiger partial charge in [-0.1, -0.05) is 0 Å². The van der Waals surface area contributed by atoms with E-state index < -0.39 is 18.8 Å². The van der Waals surface area contributed by atoms with Gasteiger partial charge in [-0.25, -0.2) is 9.13 Å². The Morgan fingerprint density at radius 2 is 1.45 bits per heavy atom. The molecule has 2 N–H and O–H groups in total. The van der Waals surface area contributed by atoms with Gasteiger partial charge in [-0.15, -0.1) is 13.2 Å². The molecule has 0 aromatic carbocycles. The molecule has 0 radical (unpaired) electrons. The molecule has 0 aliphatic heterocycles. The molecule has 0 bridgehead atoms. The summed E-state index contributed by atoms with van der Waals surface area (Å²) in [6.07, 6.45) is -9.33. The van der Waals surface area contributed by atoms with Gasteiger partial charge in [0.15, 0.2) is 0 Å². The Morgan fingerprint density at radius 1 is 1.09 bits per heavy atom. The van der Waals surface area contributed by atoms with E-state index in [-0.39, 0.29) is 0 Å². The number of alkyl halides is 6. The average molecular weight is 183 g/mol. The maximum atomic E-state index is 11.6. The number of nitrogens with two attached hydrogens (primary N) is 1. The van der Waals surface area contributed by atoms with Crippen molar-refractivity contribution in [2.75, 3.05) is 0 Å². The summed E-state index contributed by atoms with van der Waals surface area (Å²) in [4.78, 5) is 0. The lowest BCUT2D eigenvalue weighted by Crippen LogP contribution is -2.43. The lowest BCUT2D eigenvalue weighted by Gasteiger charge is -2.16. The Kier molecular flexibility index (Phi) is 2.73. The van der Waals surface area contributed by atoms with Crippen LogP contribution in [0.2, 0.25) is 0 Å². The van der Waals surface area contributed by atoms with Gasteiger partial charge in [0.2, 0.25) is 0 Å². The van der Waals surface area contributed by atoms with Crippen LogP contribution in [-0.2, 0) is 4.74 Å². The molecule has 68 valence electrons. The zero-order valence-electron chi connectivity index (χ0n) is 4.83. The second-order valence-corrected chi connectivity index (χ2v) is 1.55. The van der Waals surface area contributed by atoms with Crippen molar-refractivity contribution in [2.24, 2.45) is 5.73 Å². The Morgan fingerprint density at radius 3 is 1.55 bits per heavy atom. The molecule has 0 aliphatic rings. The van der Waals surface area contributed by atoms with Crippen molar-refractivity contribution in [1.82, 2.24) is 0 Å². The van der Waals surface area contributed by atoms with E-state index in [1.165, 1.54) is 0 Å². The standard InChI is InChI=1S/C3H3F6NO/c4-1(2(5,6)10)11-3(7,8)9/h1H,10H2. The van der Waals surface area contributed by atoms with E-state index in [2.05, 4.69) is 10.5 Å². The van der Waals surface area contributed by atoms with Crippen LogP contribution in [0.3, 0.4) is 0 Å². The van der Waals surface area contributed by atoms with Crippen molar-refractivity contribution < 1.29 is 31.1 Å². The van der Waals surface area contributed by atoms with Crippen LogP contribution < -0.4 is 5.73 Å². The predicted molar refractivity (Wildman–Crippen MR) is 21.2 cm³/mol. The van der Waals surface area contributed by atoms with E-state index in [0.717, 1.165) is 0 Å². The van der Waals surface area contributed by atoms with Gasteiger partial charge in [-0.3, -0.25) is 5.73 Å². The highest BCUT2D eigenvalue weighted by Gasteiger charge is 2.45. The predicted octanol–water partition coefficient (Wildman–Crippen LogP) is 1.37. The Hall–Kier alpha value is -0.500. The SMILES string of the molecule is NC(F)(F)C(F)OC(F)(F)F. The fraction of sp³-hybridized carbons (Fsp3) is 1.00. The second-order valence-electron chi connectivity index (χ2n) is 1.55. The van der Waals surface area contributed by atoms with E-state index in [0.29, 0.717) is 0 Å². The zero-order valence-corrected chi connectivity index (χ0v) is 4.83. The minimum Gasteiger partial charge on any atom is -0.267 e. The van der Waals surface area contributed by atoms with E-state index >= 15 is 0 Å². The first-order chi connectivity index (χ1) is 4.63. The summed E-state index contributed by atoms with van der Waals surface area (Å²) in [5, 5.41) is 0. The van der Waals surface area contributed by atoms with Crippen molar-refractivity contribution in [1.29, 1.82) is 0 Å². The quantitative estimate of drug-likeness (QED) is 0.518. The van der Waals surface area contributed by atoms with Gasteiger partial charge in [-0.2, -0.15) is 8.78 Å². The summed E-state index contributed by atoms with van der Waals surface area (Å²) in [5.74, 6) is 0. The highest BCUT2D eigenvalue weighted by atomic mass is 19.4. The molecule has 0 rings (SSSR count). The normalized spacial score (nSPS) is 16.6. The largest absolute Gasteiger partial charge is 0.525 e. The maximum Gasteiger partial charge on any atom is 0.525 e. The van der Waals surface area contributed by atoms with Gasteiger partial charge in [0.25, 0.3) is 6.36 Å². The fourth-order valence-corrected chi connectivity index (χ4v) is 0.196. The maximum absolute atomic E-state index is 11.6. The molecule has 1 unspecified atom stereocenters. The molecule has 0 fully saturated rings. The molecule has 1 atom stereocenters. The smallest absolute Gasteiger partial charge is 0.267 e. The van der Waals surface area contributed by atoms with Crippen LogP contribution in [-0.4, -0.2) is 18.8 Å². The second kappa shape index (κ2) is 2.86. The third-order valence-electron chi connectivity index (χ3n) is 0.540. The first kappa shape index (κ1) is 10.5. The molecule has 0 aromatic rings. The van der Waals surface area contributed by atoms with Gasteiger partial charge in [0, 0.05) is 0 Å². The van der Waals surface area contributed by atoms with E-state index in [1.54, 1.807) is 0 Å². The van der Waals surface area contributed by atoms with Gasteiger partial charge in [0.1, 0.15) is 0 Å². The molecular formula is C3H3F6NO. The molecule has 0 amide bonds. The summed E-state index contributed by atoms with van der Waals surface area (Å²) in [5.41, 5.74) is 3.65. The first-order valence-electron chi connectivity index (χ1n) is 2.18. The van der Waals surface area contributed by atoms with Crippen LogP contribution in [0.5, 0.6) is 0 Å². The number of halogens is 6. The molecular weight excluding hydrogens is 180 g/mol. The van der Waals surface area contributed by atoms with E-state index in [9.17, 15) is 26.3 Å². The van der Waals surface area contributed by atoms with Crippen LogP contribution in [0.1, 0.15) is 0 Å². The van der Waals surface area contributed by atoms with Crippen molar-refractivity contribution in [2.45, 2.75) is 18.8 Å². The van der Waals surface area contributed by atoms with Gasteiger partial charge < -0.3 is 0 Å². The number of hydrogen-bond donors (Lipinski definition) is 1. The zero-order chi connectivity index (χ0) is 9.28. The Bertz CT molecular complexity index is 127. The minimum atomic E-state index is -5.46. The van der Waals surface area contributed by atoms with Crippen LogP contribution in [0.25, 0.3) is 0 Å². The number of hydrogen-bond acceptors (Lipinski definition) is 2. The van der Waals surface area contributed by atoms with Gasteiger partial charge >= 0.3 is 12.4 Å².